The first-order valence-corrected chi connectivity index (χ1v) is 8.52. The number of aromatic nitrogens is 2. The van der Waals surface area contributed by atoms with E-state index in [2.05, 4.69) is 15.5 Å². The van der Waals surface area contributed by atoms with Gasteiger partial charge in [0.05, 0.1) is 23.2 Å². The van der Waals surface area contributed by atoms with Crippen molar-refractivity contribution in [1.29, 1.82) is 0 Å². The third-order valence-electron chi connectivity index (χ3n) is 3.55. The van der Waals surface area contributed by atoms with E-state index in [0.29, 0.717) is 10.8 Å². The molecule has 26 heavy (non-hydrogen) atoms. The lowest BCUT2D eigenvalue weighted by atomic mass is 10.2. The molecule has 2 aromatic rings. The molecule has 1 N–H and O–H groups in total. The first-order chi connectivity index (χ1) is 12.3. The number of rotatable bonds is 5. The lowest BCUT2D eigenvalue weighted by molar-refractivity contribution is -0.384. The zero-order valence-electron chi connectivity index (χ0n) is 14.0. The van der Waals surface area contributed by atoms with Crippen molar-refractivity contribution < 1.29 is 19.2 Å². The van der Waals surface area contributed by atoms with E-state index in [1.165, 1.54) is 28.4 Å². The summed E-state index contributed by atoms with van der Waals surface area (Å²) in [5.41, 5.74) is 0.239. The number of nitro groups is 1. The highest BCUT2D eigenvalue weighted by molar-refractivity contribution is 7.15. The molecule has 0 atom stereocenters. The van der Waals surface area contributed by atoms with Gasteiger partial charge in [-0.3, -0.25) is 20.2 Å². The fourth-order valence-electron chi connectivity index (χ4n) is 2.35. The minimum Gasteiger partial charge on any atom is -0.423 e. The fraction of sp³-hybridized carbons (Fsp3) is 0.333. The molecule has 11 heteroatoms. The van der Waals surface area contributed by atoms with Crippen molar-refractivity contribution in [2.24, 2.45) is 0 Å². The van der Waals surface area contributed by atoms with Gasteiger partial charge in [0.25, 0.3) is 5.69 Å². The summed E-state index contributed by atoms with van der Waals surface area (Å²) in [5, 5.41) is 22.6. The number of benzene rings is 1. The summed E-state index contributed by atoms with van der Waals surface area (Å²) in [7, 11) is 0. The van der Waals surface area contributed by atoms with Gasteiger partial charge in [0.15, 0.2) is 5.75 Å². The molecular formula is C15H15N5O5S. The number of fused-ring (bicyclic) bond motifs is 1. The Labute approximate surface area is 151 Å². The first kappa shape index (κ1) is 17.7. The molecule has 2 heterocycles. The van der Waals surface area contributed by atoms with Crippen LogP contribution in [0.25, 0.3) is 0 Å². The molecule has 1 aromatic heterocycles. The number of carbonyl (C=O) groups excluding carboxylic acids is 2. The number of nitro benzene ring substituents is 1. The molecule has 136 valence electrons. The SMILES string of the molecule is CC(C)c1nnc(NC(=O)CN2CC(=O)Oc3cc([N+](=O)[O-])ccc32)s1. The summed E-state index contributed by atoms with van der Waals surface area (Å²) in [4.78, 5) is 35.8. The molecule has 1 aliphatic rings. The number of carbonyl (C=O) groups is 2. The molecule has 3 rings (SSSR count). The van der Waals surface area contributed by atoms with Crippen LogP contribution < -0.4 is 15.0 Å². The minimum atomic E-state index is -0.594. The van der Waals surface area contributed by atoms with E-state index >= 15 is 0 Å². The van der Waals surface area contributed by atoms with Gasteiger partial charge >= 0.3 is 5.97 Å². The van der Waals surface area contributed by atoms with Crippen molar-refractivity contribution in [2.45, 2.75) is 19.8 Å². The van der Waals surface area contributed by atoms with Gasteiger partial charge in [-0.2, -0.15) is 0 Å². The van der Waals surface area contributed by atoms with Gasteiger partial charge < -0.3 is 9.64 Å². The van der Waals surface area contributed by atoms with Crippen molar-refractivity contribution >= 4 is 39.7 Å². The topological polar surface area (TPSA) is 128 Å². The summed E-state index contributed by atoms with van der Waals surface area (Å²) in [6, 6.07) is 3.91. The van der Waals surface area contributed by atoms with Gasteiger partial charge in [-0.05, 0) is 6.07 Å². The molecule has 1 aliphatic heterocycles. The quantitative estimate of drug-likeness (QED) is 0.362. The van der Waals surface area contributed by atoms with E-state index in [9.17, 15) is 19.7 Å². The summed E-state index contributed by atoms with van der Waals surface area (Å²) < 4.78 is 5.05. The zero-order valence-corrected chi connectivity index (χ0v) is 14.8. The van der Waals surface area contributed by atoms with Crippen LogP contribution in [0.2, 0.25) is 0 Å². The van der Waals surface area contributed by atoms with E-state index in [-0.39, 0.29) is 36.4 Å². The Hall–Kier alpha value is -3.08. The second kappa shape index (κ2) is 7.04. The fourth-order valence-corrected chi connectivity index (χ4v) is 3.11. The Morgan fingerprint density at radius 3 is 2.88 bits per heavy atom. The number of nitrogens with one attached hydrogen (secondary N) is 1. The van der Waals surface area contributed by atoms with Crippen molar-refractivity contribution in [3.63, 3.8) is 0 Å². The lowest BCUT2D eigenvalue weighted by Crippen LogP contribution is -2.41. The monoisotopic (exact) mass is 377 g/mol. The number of anilines is 2. The van der Waals surface area contributed by atoms with Crippen molar-refractivity contribution in [2.75, 3.05) is 23.3 Å². The summed E-state index contributed by atoms with van der Waals surface area (Å²) in [6.45, 7) is 3.69. The highest BCUT2D eigenvalue weighted by atomic mass is 32.1. The molecule has 0 saturated heterocycles. The number of hydrogen-bond donors (Lipinski definition) is 1. The van der Waals surface area contributed by atoms with E-state index in [0.717, 1.165) is 11.1 Å². The predicted molar refractivity (Wildman–Crippen MR) is 93.6 cm³/mol. The second-order valence-corrected chi connectivity index (χ2v) is 6.90. The van der Waals surface area contributed by atoms with E-state index in [1.807, 2.05) is 13.8 Å². The molecular weight excluding hydrogens is 362 g/mol. The highest BCUT2D eigenvalue weighted by Crippen LogP contribution is 2.35. The number of hydrogen-bond acceptors (Lipinski definition) is 9. The van der Waals surface area contributed by atoms with Crippen molar-refractivity contribution in [3.8, 4) is 5.75 Å². The molecule has 0 bridgehead atoms. The summed E-state index contributed by atoms with van der Waals surface area (Å²) >= 11 is 1.28. The third-order valence-corrected chi connectivity index (χ3v) is 4.69. The first-order valence-electron chi connectivity index (χ1n) is 7.71. The molecule has 0 radical (unpaired) electrons. The van der Waals surface area contributed by atoms with Crippen molar-refractivity contribution in [1.82, 2.24) is 10.2 Å². The van der Waals surface area contributed by atoms with Gasteiger partial charge in [0.1, 0.15) is 11.6 Å². The number of nitrogens with zero attached hydrogens (tertiary/aromatic N) is 4. The van der Waals surface area contributed by atoms with E-state index in [1.54, 1.807) is 0 Å². The van der Waals surface area contributed by atoms with Crippen LogP contribution in [-0.4, -0.2) is 40.1 Å². The number of non-ortho nitro benzene ring substituents is 1. The normalized spacial score (nSPS) is 13.3. The summed E-state index contributed by atoms with van der Waals surface area (Å²) in [5.74, 6) is -0.710. The van der Waals surface area contributed by atoms with Crippen molar-refractivity contribution in [3.05, 3.63) is 33.3 Å². The van der Waals surface area contributed by atoms with Crippen LogP contribution in [0.4, 0.5) is 16.5 Å². The molecule has 0 spiro atoms. The van der Waals surface area contributed by atoms with Gasteiger partial charge in [0, 0.05) is 12.0 Å². The van der Waals surface area contributed by atoms with Crippen LogP contribution in [-0.2, 0) is 9.59 Å². The number of esters is 1. The molecule has 0 aliphatic carbocycles. The zero-order chi connectivity index (χ0) is 18.8. The minimum absolute atomic E-state index is 0.0567. The van der Waals surface area contributed by atoms with E-state index < -0.39 is 10.9 Å². The smallest absolute Gasteiger partial charge is 0.331 e. The molecule has 1 aromatic carbocycles. The van der Waals surface area contributed by atoms with Crippen LogP contribution in [0.1, 0.15) is 24.8 Å². The molecule has 0 fully saturated rings. The molecule has 0 saturated carbocycles. The van der Waals surface area contributed by atoms with Crippen LogP contribution in [0, 0.1) is 10.1 Å². The number of amides is 1. The maximum atomic E-state index is 12.3. The highest BCUT2D eigenvalue weighted by Gasteiger charge is 2.27. The van der Waals surface area contributed by atoms with Gasteiger partial charge in [0.2, 0.25) is 11.0 Å². The Kier molecular flexibility index (Phi) is 4.80. The Morgan fingerprint density at radius 1 is 1.46 bits per heavy atom. The maximum absolute atomic E-state index is 12.3. The molecule has 1 amide bonds. The summed E-state index contributed by atoms with van der Waals surface area (Å²) in [6.07, 6.45) is 0. The van der Waals surface area contributed by atoms with Crippen LogP contribution in [0.5, 0.6) is 5.75 Å². The average molecular weight is 377 g/mol. The van der Waals surface area contributed by atoms with E-state index in [4.69, 9.17) is 4.74 Å². The predicted octanol–water partition coefficient (Wildman–Crippen LogP) is 1.93. The Bertz CT molecular complexity index is 881. The van der Waals surface area contributed by atoms with Crippen LogP contribution >= 0.6 is 11.3 Å². The average Bonchev–Trinajstić information content (AvgIpc) is 3.02. The van der Waals surface area contributed by atoms with Crippen LogP contribution in [0.3, 0.4) is 0 Å². The maximum Gasteiger partial charge on any atom is 0.331 e. The lowest BCUT2D eigenvalue weighted by Gasteiger charge is -2.28. The number of ether oxygens (including phenoxy) is 1. The van der Waals surface area contributed by atoms with Gasteiger partial charge in [-0.1, -0.05) is 25.2 Å². The molecule has 10 nitrogen and oxygen atoms in total. The Morgan fingerprint density at radius 2 is 2.23 bits per heavy atom. The van der Waals surface area contributed by atoms with Gasteiger partial charge in [-0.15, -0.1) is 10.2 Å². The standard InChI is InChI=1S/C15H15N5O5S/c1-8(2)14-17-18-15(26-14)16-12(21)6-19-7-13(22)25-11-5-9(20(23)24)3-4-10(11)19/h3-5,8H,6-7H2,1-2H3,(H,16,18,21). The Balaban J connectivity index is 1.74. The van der Waals surface area contributed by atoms with Gasteiger partial charge in [-0.25, -0.2) is 4.79 Å². The largest absolute Gasteiger partial charge is 0.423 e. The molecule has 0 unspecified atom stereocenters. The van der Waals surface area contributed by atoms with Crippen LogP contribution in [0.15, 0.2) is 18.2 Å². The third kappa shape index (κ3) is 3.77. The second-order valence-electron chi connectivity index (χ2n) is 5.89.